The minimum absolute atomic E-state index is 0.00612. The van der Waals surface area contributed by atoms with E-state index in [0.29, 0.717) is 12.1 Å². The second-order valence-corrected chi connectivity index (χ2v) is 13.6. The van der Waals surface area contributed by atoms with E-state index in [4.69, 9.17) is 10.5 Å². The van der Waals surface area contributed by atoms with Crippen LogP contribution in [-0.4, -0.2) is 63.6 Å². The monoisotopic (exact) mass is 737 g/mol. The maximum absolute atomic E-state index is 14.0. The summed E-state index contributed by atoms with van der Waals surface area (Å²) < 4.78 is 142. The predicted octanol–water partition coefficient (Wildman–Crippen LogP) is 6.91. The first-order valence-corrected chi connectivity index (χ1v) is 17.0. The second kappa shape index (κ2) is 14.0. The first kappa shape index (κ1) is 37.3. The van der Waals surface area contributed by atoms with Gasteiger partial charge in [-0.05, 0) is 60.9 Å². The van der Waals surface area contributed by atoms with Crippen molar-refractivity contribution in [1.29, 1.82) is 0 Å². The first-order valence-electron chi connectivity index (χ1n) is 15.5. The molecule has 1 fully saturated rings. The van der Waals surface area contributed by atoms with Crippen LogP contribution in [0.4, 0.5) is 55.7 Å². The molecule has 8 nitrogen and oxygen atoms in total. The van der Waals surface area contributed by atoms with Crippen molar-refractivity contribution in [3.63, 3.8) is 0 Å². The van der Waals surface area contributed by atoms with Crippen molar-refractivity contribution in [3.8, 4) is 0 Å². The van der Waals surface area contributed by atoms with Crippen LogP contribution in [0.2, 0.25) is 0 Å². The molecule has 1 amide bonds. The number of anilines is 2. The topological polar surface area (TPSA) is 102 Å². The number of aromatic nitrogens is 2. The largest absolute Gasteiger partial charge is 0.449 e. The van der Waals surface area contributed by atoms with Crippen LogP contribution < -0.4 is 15.5 Å². The average molecular weight is 738 g/mol. The van der Waals surface area contributed by atoms with Crippen molar-refractivity contribution in [3.05, 3.63) is 81.9 Å². The van der Waals surface area contributed by atoms with E-state index in [9.17, 15) is 48.5 Å². The molecule has 0 radical (unpaired) electrons. The lowest BCUT2D eigenvalue weighted by Crippen LogP contribution is -2.57. The van der Waals surface area contributed by atoms with Gasteiger partial charge in [0.05, 0.1) is 58.5 Å². The number of carbonyl (C=O) groups excluding carboxylic acids is 1. The molecule has 3 atom stereocenters. The van der Waals surface area contributed by atoms with E-state index in [0.717, 1.165) is 18.2 Å². The van der Waals surface area contributed by atoms with Gasteiger partial charge in [-0.2, -0.15) is 39.5 Å². The zero-order valence-electron chi connectivity index (χ0n) is 26.6. The Balaban J connectivity index is 1.71. The van der Waals surface area contributed by atoms with Gasteiger partial charge in [0.15, 0.2) is 0 Å². The molecule has 2 N–H and O–H groups in total. The lowest BCUT2D eigenvalue weighted by molar-refractivity contribution is -0.143. The van der Waals surface area contributed by atoms with Gasteiger partial charge in [-0.15, -0.1) is 0 Å². The number of carbonyl (C=O) groups is 1. The van der Waals surface area contributed by atoms with Crippen LogP contribution in [0.1, 0.15) is 65.5 Å². The number of alkyl halides is 9. The highest BCUT2D eigenvalue weighted by atomic mass is 32.2. The minimum Gasteiger partial charge on any atom is -0.449 e. The highest BCUT2D eigenvalue weighted by Crippen LogP contribution is 2.45. The number of hydrogen-bond donors (Lipinski definition) is 1. The van der Waals surface area contributed by atoms with Crippen LogP contribution in [0.15, 0.2) is 42.6 Å². The number of hydrogen-bond acceptors (Lipinski definition) is 7. The van der Waals surface area contributed by atoms with Gasteiger partial charge in [-0.3, -0.25) is 9.11 Å². The molecule has 18 heteroatoms. The Morgan fingerprint density at radius 1 is 0.900 bits per heavy atom. The molecular formula is C32H32F9N5O3S. The number of nitrogens with two attached hydrogens (primary N) is 1. The summed E-state index contributed by atoms with van der Waals surface area (Å²) in [4.78, 5) is 25.0. The fraction of sp³-hybridized carbons (Fsp3) is 0.469. The van der Waals surface area contributed by atoms with Gasteiger partial charge in [-0.1, -0.05) is 6.92 Å². The van der Waals surface area contributed by atoms with Crippen molar-refractivity contribution < 1.29 is 53.3 Å². The van der Waals surface area contributed by atoms with Crippen LogP contribution in [0.5, 0.6) is 0 Å². The summed E-state index contributed by atoms with van der Waals surface area (Å²) in [5.41, 5.74) is 2.39. The van der Waals surface area contributed by atoms with Crippen molar-refractivity contribution in [2.24, 2.45) is 5.73 Å². The fourth-order valence-electron chi connectivity index (χ4n) is 6.34. The van der Waals surface area contributed by atoms with Gasteiger partial charge in [-0.25, -0.2) is 14.8 Å². The third kappa shape index (κ3) is 7.70. The van der Waals surface area contributed by atoms with E-state index in [1.807, 2.05) is 0 Å². The maximum atomic E-state index is 14.0. The Kier molecular flexibility index (Phi) is 10.5. The number of amides is 1. The SMILES string of the molecule is CCOC(=O)N1c2ccc(C(F)(F)F)cc2C(c2ncc(N3CCS(=O)CC3)c(Cc3cc(C(F)(F)F)cc(C(F)(F)F)c3)n2)C(N)C1CC. The van der Waals surface area contributed by atoms with Crippen molar-refractivity contribution in [1.82, 2.24) is 9.97 Å². The molecule has 2 aliphatic rings. The molecule has 2 aromatic carbocycles. The molecule has 3 aromatic rings. The Hall–Kier alpha value is -3.93. The molecule has 0 bridgehead atoms. The number of halogens is 9. The number of rotatable bonds is 6. The molecule has 272 valence electrons. The summed E-state index contributed by atoms with van der Waals surface area (Å²) in [6.07, 6.45) is -14.9. The average Bonchev–Trinajstić information content (AvgIpc) is 3.03. The number of nitrogens with zero attached hydrogens (tertiary/aromatic N) is 4. The minimum atomic E-state index is -5.11. The van der Waals surface area contributed by atoms with Crippen molar-refractivity contribution >= 4 is 28.3 Å². The molecule has 2 aliphatic heterocycles. The van der Waals surface area contributed by atoms with E-state index >= 15 is 0 Å². The molecule has 50 heavy (non-hydrogen) atoms. The van der Waals surface area contributed by atoms with E-state index in [1.54, 1.807) is 18.7 Å². The van der Waals surface area contributed by atoms with E-state index in [2.05, 4.69) is 9.97 Å². The molecule has 0 aliphatic carbocycles. The number of benzene rings is 2. The van der Waals surface area contributed by atoms with Gasteiger partial charge in [0.2, 0.25) is 0 Å². The van der Waals surface area contributed by atoms with Gasteiger partial charge in [0.25, 0.3) is 0 Å². The molecule has 1 saturated heterocycles. The van der Waals surface area contributed by atoms with Gasteiger partial charge in [0, 0.05) is 47.9 Å². The summed E-state index contributed by atoms with van der Waals surface area (Å²) in [7, 11) is -1.15. The van der Waals surface area contributed by atoms with Crippen molar-refractivity contribution in [2.45, 2.75) is 63.2 Å². The zero-order valence-corrected chi connectivity index (χ0v) is 27.4. The number of ether oxygens (including phenoxy) is 1. The standard InChI is InChI=1S/C32H32F9N5O3S/c1-3-23-27(42)26(21-15-18(30(33,34)35)5-6-24(21)46(23)29(47)49-4-2)28-43-16-25(45-7-9-50(48)10-8-45)22(44-28)13-17-11-19(31(36,37)38)14-20(12-17)32(39,40)41/h5-6,11-12,14-16,23,26-27H,3-4,7-10,13,42H2,1-2H3. The van der Waals surface area contributed by atoms with Crippen LogP contribution in [0, 0.1) is 0 Å². The molecule has 0 spiro atoms. The summed E-state index contributed by atoms with van der Waals surface area (Å²) in [5.74, 6) is -0.892. The van der Waals surface area contributed by atoms with E-state index < -0.39 is 76.5 Å². The fourth-order valence-corrected chi connectivity index (χ4v) is 7.39. The summed E-state index contributed by atoms with van der Waals surface area (Å²) in [6.45, 7) is 3.64. The van der Waals surface area contributed by atoms with Gasteiger partial charge >= 0.3 is 24.6 Å². The summed E-state index contributed by atoms with van der Waals surface area (Å²) in [6, 6.07) is 1.94. The lowest BCUT2D eigenvalue weighted by atomic mass is 9.79. The van der Waals surface area contributed by atoms with Gasteiger partial charge < -0.3 is 15.4 Å². The highest BCUT2D eigenvalue weighted by molar-refractivity contribution is 7.85. The molecule has 1 aromatic heterocycles. The van der Waals surface area contributed by atoms with Crippen LogP contribution >= 0.6 is 0 Å². The lowest BCUT2D eigenvalue weighted by Gasteiger charge is -2.44. The normalized spacial score (nSPS) is 20.5. The Labute approximate surface area is 283 Å². The van der Waals surface area contributed by atoms with E-state index in [-0.39, 0.29) is 77.7 Å². The smallest absolute Gasteiger partial charge is 0.416 e. The first-order chi connectivity index (χ1) is 23.3. The maximum Gasteiger partial charge on any atom is 0.416 e. The van der Waals surface area contributed by atoms with Gasteiger partial charge in [0.1, 0.15) is 5.82 Å². The van der Waals surface area contributed by atoms with Crippen LogP contribution in [0.3, 0.4) is 0 Å². The van der Waals surface area contributed by atoms with Crippen LogP contribution in [0.25, 0.3) is 0 Å². The molecule has 5 rings (SSSR count). The van der Waals surface area contributed by atoms with E-state index in [1.165, 1.54) is 11.1 Å². The Morgan fingerprint density at radius 2 is 1.50 bits per heavy atom. The quantitative estimate of drug-likeness (QED) is 0.275. The van der Waals surface area contributed by atoms with Crippen molar-refractivity contribution in [2.75, 3.05) is 41.0 Å². The second-order valence-electron chi connectivity index (χ2n) is 11.9. The third-order valence-electron chi connectivity index (χ3n) is 8.67. The highest BCUT2D eigenvalue weighted by Gasteiger charge is 2.45. The molecule has 3 heterocycles. The summed E-state index contributed by atoms with van der Waals surface area (Å²) >= 11 is 0. The Bertz CT molecular complexity index is 1720. The molecule has 3 unspecified atom stereocenters. The van der Waals surface area contributed by atoms with Crippen LogP contribution in [-0.2, 0) is 40.5 Å². The molecule has 0 saturated carbocycles. The number of fused-ring (bicyclic) bond motifs is 1. The third-order valence-corrected chi connectivity index (χ3v) is 9.95. The predicted molar refractivity (Wildman–Crippen MR) is 166 cm³/mol. The summed E-state index contributed by atoms with van der Waals surface area (Å²) in [5, 5.41) is 0. The molecular weight excluding hydrogens is 705 g/mol. The Morgan fingerprint density at radius 3 is 2.04 bits per heavy atom. The zero-order chi connectivity index (χ0) is 36.8.